The molecule has 0 aromatic carbocycles. The first-order valence-electron chi connectivity index (χ1n) is 4.17. The fraction of sp³-hybridized carbons (Fsp3) is 0.100. The molecule has 0 spiro atoms. The van der Waals surface area contributed by atoms with Crippen LogP contribution in [0.2, 0.25) is 0 Å². The van der Waals surface area contributed by atoms with E-state index in [1.54, 1.807) is 33.7 Å². The van der Waals surface area contributed by atoms with Crippen LogP contribution in [0.3, 0.4) is 0 Å². The molecule has 0 unspecified atom stereocenters. The summed E-state index contributed by atoms with van der Waals surface area (Å²) in [6, 6.07) is 3.24. The highest BCUT2D eigenvalue weighted by Gasteiger charge is 2.40. The smallest absolute Gasteiger partial charge is 0.345 e. The van der Waals surface area contributed by atoms with Crippen molar-refractivity contribution in [1.29, 1.82) is 0 Å². The predicted octanol–water partition coefficient (Wildman–Crippen LogP) is 2.13. The minimum atomic E-state index is -1.92. The third-order valence-electron chi connectivity index (χ3n) is 2.19. The average Bonchev–Trinajstić information content (AvgIpc) is 2.89. The molecule has 3 nitrogen and oxygen atoms in total. The van der Waals surface area contributed by atoms with Crippen molar-refractivity contribution >= 4 is 28.6 Å². The maximum atomic E-state index is 11.2. The van der Waals surface area contributed by atoms with Gasteiger partial charge in [-0.1, -0.05) is 0 Å². The van der Waals surface area contributed by atoms with Gasteiger partial charge in [-0.2, -0.15) is 22.7 Å². The summed E-state index contributed by atoms with van der Waals surface area (Å²) >= 11 is 2.72. The number of hydrogen-bond donors (Lipinski definition) is 2. The summed E-state index contributed by atoms with van der Waals surface area (Å²) in [6.07, 6.45) is 0. The summed E-state index contributed by atoms with van der Waals surface area (Å²) in [5.41, 5.74) is -1.11. The molecule has 2 N–H and O–H groups in total. The number of rotatable bonds is 3. The summed E-state index contributed by atoms with van der Waals surface area (Å²) in [5, 5.41) is 26.1. The first-order valence-corrected chi connectivity index (χ1v) is 6.05. The van der Waals surface area contributed by atoms with E-state index in [2.05, 4.69) is 0 Å². The van der Waals surface area contributed by atoms with Crippen LogP contribution in [-0.2, 0) is 10.4 Å². The molecule has 0 fully saturated rings. The lowest BCUT2D eigenvalue weighted by atomic mass is 9.90. The van der Waals surface area contributed by atoms with Crippen molar-refractivity contribution in [2.75, 3.05) is 0 Å². The van der Waals surface area contributed by atoms with Crippen molar-refractivity contribution in [2.24, 2.45) is 0 Å². The number of carbonyl (C=O) groups is 1. The largest absolute Gasteiger partial charge is 0.479 e. The molecule has 2 rings (SSSR count). The quantitative estimate of drug-likeness (QED) is 0.864. The molecule has 0 amide bonds. The van der Waals surface area contributed by atoms with Gasteiger partial charge in [0.1, 0.15) is 0 Å². The lowest BCUT2D eigenvalue weighted by molar-refractivity contribution is -0.154. The van der Waals surface area contributed by atoms with E-state index in [0.717, 1.165) is 0 Å². The molecule has 0 saturated carbocycles. The highest BCUT2D eigenvalue weighted by atomic mass is 32.1. The van der Waals surface area contributed by atoms with Crippen molar-refractivity contribution in [3.63, 3.8) is 0 Å². The van der Waals surface area contributed by atoms with Gasteiger partial charge in [-0.15, -0.1) is 0 Å². The minimum Gasteiger partial charge on any atom is -0.479 e. The summed E-state index contributed by atoms with van der Waals surface area (Å²) in [4.78, 5) is 11.2. The number of carboxylic acid groups (broad SMARTS) is 1. The normalized spacial score (nSPS) is 11.5. The highest BCUT2D eigenvalue weighted by molar-refractivity contribution is 7.08. The van der Waals surface area contributed by atoms with E-state index in [0.29, 0.717) is 11.1 Å². The summed E-state index contributed by atoms with van der Waals surface area (Å²) in [7, 11) is 0. The summed E-state index contributed by atoms with van der Waals surface area (Å²) in [6.45, 7) is 0. The SMILES string of the molecule is O=C(O)C(O)(c1ccsc1)c1ccsc1. The second-order valence-electron chi connectivity index (χ2n) is 3.04. The molecule has 0 atom stereocenters. The summed E-state index contributed by atoms with van der Waals surface area (Å²) in [5.74, 6) is -1.25. The van der Waals surface area contributed by atoms with Gasteiger partial charge < -0.3 is 10.2 Å². The van der Waals surface area contributed by atoms with Crippen molar-refractivity contribution in [1.82, 2.24) is 0 Å². The lowest BCUT2D eigenvalue weighted by Crippen LogP contribution is -2.35. The molecule has 0 aliphatic carbocycles. The Bertz CT molecular complexity index is 411. The topological polar surface area (TPSA) is 57.5 Å². The van der Waals surface area contributed by atoms with Gasteiger partial charge in [0.05, 0.1) is 0 Å². The monoisotopic (exact) mass is 240 g/mol. The standard InChI is InChI=1S/C10H8O3S2/c11-9(12)10(13,7-1-3-14-5-7)8-2-4-15-6-8/h1-6,13H,(H,11,12). The Morgan fingerprint density at radius 1 is 1.13 bits per heavy atom. The van der Waals surface area contributed by atoms with E-state index in [-0.39, 0.29) is 0 Å². The molecule has 2 aromatic rings. The molecule has 0 aliphatic heterocycles. The van der Waals surface area contributed by atoms with Crippen molar-refractivity contribution in [3.05, 3.63) is 44.8 Å². The predicted molar refractivity (Wildman–Crippen MR) is 59.3 cm³/mol. The van der Waals surface area contributed by atoms with Gasteiger partial charge in [0, 0.05) is 11.1 Å². The molecule has 0 aliphatic rings. The van der Waals surface area contributed by atoms with Gasteiger partial charge in [0.15, 0.2) is 0 Å². The van der Waals surface area contributed by atoms with E-state index in [4.69, 9.17) is 5.11 Å². The molecule has 0 saturated heterocycles. The molecular weight excluding hydrogens is 232 g/mol. The first kappa shape index (κ1) is 10.4. The van der Waals surface area contributed by atoms with E-state index in [1.807, 2.05) is 0 Å². The van der Waals surface area contributed by atoms with Crippen LogP contribution < -0.4 is 0 Å². The van der Waals surface area contributed by atoms with Crippen LogP contribution in [0.1, 0.15) is 11.1 Å². The number of thiophene rings is 2. The summed E-state index contributed by atoms with van der Waals surface area (Å²) < 4.78 is 0. The van der Waals surface area contributed by atoms with Crippen LogP contribution in [0, 0.1) is 0 Å². The first-order chi connectivity index (χ1) is 7.15. The number of hydrogen-bond acceptors (Lipinski definition) is 4. The molecule has 0 radical (unpaired) electrons. The van der Waals surface area contributed by atoms with Gasteiger partial charge in [-0.3, -0.25) is 0 Å². The molecule has 2 heterocycles. The lowest BCUT2D eigenvalue weighted by Gasteiger charge is -2.21. The zero-order chi connectivity index (χ0) is 10.9. The minimum absolute atomic E-state index is 0.401. The second-order valence-corrected chi connectivity index (χ2v) is 4.60. The van der Waals surface area contributed by atoms with Crippen molar-refractivity contribution in [3.8, 4) is 0 Å². The van der Waals surface area contributed by atoms with Crippen LogP contribution >= 0.6 is 22.7 Å². The third kappa shape index (κ3) is 1.58. The Hall–Kier alpha value is -1.17. The highest BCUT2D eigenvalue weighted by Crippen LogP contribution is 2.32. The van der Waals surface area contributed by atoms with Crippen molar-refractivity contribution in [2.45, 2.75) is 5.60 Å². The Labute approximate surface area is 94.2 Å². The molecule has 15 heavy (non-hydrogen) atoms. The van der Waals surface area contributed by atoms with E-state index >= 15 is 0 Å². The van der Waals surface area contributed by atoms with Crippen LogP contribution in [0.25, 0.3) is 0 Å². The Morgan fingerprint density at radius 2 is 1.60 bits per heavy atom. The molecule has 2 aromatic heterocycles. The maximum absolute atomic E-state index is 11.2. The zero-order valence-electron chi connectivity index (χ0n) is 7.58. The van der Waals surface area contributed by atoms with Crippen molar-refractivity contribution < 1.29 is 15.0 Å². The van der Waals surface area contributed by atoms with E-state index in [1.165, 1.54) is 22.7 Å². The van der Waals surface area contributed by atoms with Crippen LogP contribution in [0.4, 0.5) is 0 Å². The van der Waals surface area contributed by atoms with E-state index < -0.39 is 11.6 Å². The zero-order valence-corrected chi connectivity index (χ0v) is 9.22. The molecule has 5 heteroatoms. The van der Waals surface area contributed by atoms with Gasteiger partial charge in [0.25, 0.3) is 0 Å². The van der Waals surface area contributed by atoms with Crippen LogP contribution in [0.15, 0.2) is 33.7 Å². The Kier molecular flexibility index (Phi) is 2.60. The average molecular weight is 240 g/mol. The number of aliphatic hydroxyl groups is 1. The molecule has 0 bridgehead atoms. The second kappa shape index (κ2) is 3.77. The van der Waals surface area contributed by atoms with Gasteiger partial charge in [-0.25, -0.2) is 4.79 Å². The number of aliphatic carboxylic acids is 1. The third-order valence-corrected chi connectivity index (χ3v) is 3.55. The Balaban J connectivity index is 2.56. The fourth-order valence-electron chi connectivity index (χ4n) is 1.35. The van der Waals surface area contributed by atoms with E-state index in [9.17, 15) is 9.90 Å². The molecular formula is C10H8O3S2. The van der Waals surface area contributed by atoms with Crippen LogP contribution in [-0.4, -0.2) is 16.2 Å². The van der Waals surface area contributed by atoms with Crippen LogP contribution in [0.5, 0.6) is 0 Å². The maximum Gasteiger partial charge on any atom is 0.345 e. The number of carboxylic acids is 1. The fourth-order valence-corrected chi connectivity index (χ4v) is 2.75. The molecule has 78 valence electrons. The Morgan fingerprint density at radius 3 is 1.87 bits per heavy atom. The van der Waals surface area contributed by atoms with Gasteiger partial charge >= 0.3 is 5.97 Å². The van der Waals surface area contributed by atoms with Gasteiger partial charge in [0.2, 0.25) is 5.60 Å². The van der Waals surface area contributed by atoms with Gasteiger partial charge in [-0.05, 0) is 33.7 Å².